The van der Waals surface area contributed by atoms with E-state index in [-0.39, 0.29) is 36.4 Å². The van der Waals surface area contributed by atoms with Crippen LogP contribution in [0, 0.1) is 0 Å². The van der Waals surface area contributed by atoms with Crippen LogP contribution in [0.15, 0.2) is 72.0 Å². The summed E-state index contributed by atoms with van der Waals surface area (Å²) in [4.78, 5) is 19.0. The zero-order valence-corrected chi connectivity index (χ0v) is 21.8. The summed E-state index contributed by atoms with van der Waals surface area (Å²) in [5.74, 6) is 2.13. The van der Waals surface area contributed by atoms with Crippen LogP contribution in [0.3, 0.4) is 0 Å². The molecular weight excluding hydrogens is 543 g/mol. The predicted molar refractivity (Wildman–Crippen MR) is 145 cm³/mol. The maximum atomic E-state index is 12.2. The molecule has 1 atom stereocenters. The molecule has 0 bridgehead atoms. The Bertz CT molecular complexity index is 1090. The molecule has 1 aliphatic heterocycles. The van der Waals surface area contributed by atoms with Crippen molar-refractivity contribution < 1.29 is 9.53 Å². The smallest absolute Gasteiger partial charge is 0.246 e. The molecule has 1 aliphatic rings. The number of guanidine groups is 1. The van der Waals surface area contributed by atoms with Crippen molar-refractivity contribution in [3.63, 3.8) is 0 Å². The number of anilines is 1. The van der Waals surface area contributed by atoms with Crippen molar-refractivity contribution in [1.29, 1.82) is 0 Å². The number of aliphatic imine (C=N–C) groups is 1. The van der Waals surface area contributed by atoms with Gasteiger partial charge in [0, 0.05) is 50.7 Å². The fraction of sp³-hybridized carbons (Fsp3) is 0.320. The number of nitrogens with one attached hydrogen (secondary N) is 2. The van der Waals surface area contributed by atoms with Gasteiger partial charge in [-0.05, 0) is 47.9 Å². The number of hydrogen-bond donors (Lipinski definition) is 2. The SMILES string of the molecule is CN=C(NCc1cccc(NC(=O)Cn2cccn2)c1)N1CCC(c2ccc(OC)cc2)C1.I. The van der Waals surface area contributed by atoms with E-state index in [0.29, 0.717) is 12.5 Å². The average Bonchev–Trinajstić information content (AvgIpc) is 3.52. The predicted octanol–water partition coefficient (Wildman–Crippen LogP) is 3.71. The van der Waals surface area contributed by atoms with Crippen LogP contribution in [0.25, 0.3) is 0 Å². The lowest BCUT2D eigenvalue weighted by atomic mass is 9.98. The Balaban J connectivity index is 0.00000324. The first-order valence-electron chi connectivity index (χ1n) is 11.1. The van der Waals surface area contributed by atoms with E-state index in [1.807, 2.05) is 43.4 Å². The second-order valence-electron chi connectivity index (χ2n) is 8.06. The fourth-order valence-electron chi connectivity index (χ4n) is 4.11. The normalized spacial score (nSPS) is 15.5. The Morgan fingerprint density at radius 3 is 2.74 bits per heavy atom. The summed E-state index contributed by atoms with van der Waals surface area (Å²) in [6.45, 7) is 2.70. The van der Waals surface area contributed by atoms with Gasteiger partial charge in [0.2, 0.25) is 5.91 Å². The highest BCUT2D eigenvalue weighted by Gasteiger charge is 2.26. The maximum Gasteiger partial charge on any atom is 0.246 e. The number of ether oxygens (including phenoxy) is 1. The number of hydrogen-bond acceptors (Lipinski definition) is 4. The molecular formula is C25H31IN6O2. The van der Waals surface area contributed by atoms with Gasteiger partial charge < -0.3 is 20.3 Å². The lowest BCUT2D eigenvalue weighted by molar-refractivity contribution is -0.116. The van der Waals surface area contributed by atoms with Crippen LogP contribution in [0.1, 0.15) is 23.5 Å². The standard InChI is InChI=1S/C25H30N6O2.HI/c1-26-25(30-14-11-21(17-30)20-7-9-23(33-2)10-8-20)27-16-19-5-3-6-22(15-19)29-24(32)18-31-13-4-12-28-31;/h3-10,12-13,15,21H,11,14,16-18H2,1-2H3,(H,26,27)(H,29,32);1H. The van der Waals surface area contributed by atoms with Gasteiger partial charge in [0.25, 0.3) is 0 Å². The first kappa shape index (κ1) is 25.5. The quantitative estimate of drug-likeness (QED) is 0.256. The summed E-state index contributed by atoms with van der Waals surface area (Å²) in [5.41, 5.74) is 3.16. The van der Waals surface area contributed by atoms with E-state index in [1.54, 1.807) is 30.3 Å². The van der Waals surface area contributed by atoms with Gasteiger partial charge in [-0.2, -0.15) is 5.10 Å². The van der Waals surface area contributed by atoms with Crippen LogP contribution in [-0.2, 0) is 17.9 Å². The number of nitrogens with zero attached hydrogens (tertiary/aromatic N) is 4. The average molecular weight is 574 g/mol. The number of rotatable bonds is 7. The third kappa shape index (κ3) is 6.72. The van der Waals surface area contributed by atoms with Crippen molar-refractivity contribution in [3.05, 3.63) is 78.1 Å². The van der Waals surface area contributed by atoms with Crippen LogP contribution < -0.4 is 15.4 Å². The van der Waals surface area contributed by atoms with Crippen molar-refractivity contribution in [2.45, 2.75) is 25.4 Å². The molecule has 1 amide bonds. The summed E-state index contributed by atoms with van der Waals surface area (Å²) in [7, 11) is 3.50. The summed E-state index contributed by atoms with van der Waals surface area (Å²) in [6, 6.07) is 18.0. The molecule has 8 nitrogen and oxygen atoms in total. The maximum absolute atomic E-state index is 12.2. The van der Waals surface area contributed by atoms with Crippen LogP contribution in [0.4, 0.5) is 5.69 Å². The molecule has 0 aliphatic carbocycles. The molecule has 0 spiro atoms. The topological polar surface area (TPSA) is 83.8 Å². The number of benzene rings is 2. The second kappa shape index (κ2) is 12.4. The van der Waals surface area contributed by atoms with Gasteiger partial charge in [-0.25, -0.2) is 0 Å². The number of methoxy groups -OCH3 is 1. The van der Waals surface area contributed by atoms with Crippen molar-refractivity contribution in [2.75, 3.05) is 32.6 Å². The highest BCUT2D eigenvalue weighted by atomic mass is 127. The largest absolute Gasteiger partial charge is 0.497 e. The highest BCUT2D eigenvalue weighted by Crippen LogP contribution is 2.28. The van der Waals surface area contributed by atoms with Crippen molar-refractivity contribution in [3.8, 4) is 5.75 Å². The van der Waals surface area contributed by atoms with Gasteiger partial charge in [0.1, 0.15) is 12.3 Å². The van der Waals surface area contributed by atoms with Gasteiger partial charge in [0.15, 0.2) is 5.96 Å². The molecule has 3 aromatic rings. The van der Waals surface area contributed by atoms with Crippen molar-refractivity contribution >= 4 is 41.5 Å². The third-order valence-corrected chi connectivity index (χ3v) is 5.81. The first-order chi connectivity index (χ1) is 16.1. The van der Waals surface area contributed by atoms with Gasteiger partial charge in [0.05, 0.1) is 7.11 Å². The summed E-state index contributed by atoms with van der Waals surface area (Å²) < 4.78 is 6.87. The van der Waals surface area contributed by atoms with E-state index < -0.39 is 0 Å². The summed E-state index contributed by atoms with van der Waals surface area (Å²) in [5, 5.41) is 10.5. The number of aromatic nitrogens is 2. The third-order valence-electron chi connectivity index (χ3n) is 5.81. The van der Waals surface area contributed by atoms with E-state index in [4.69, 9.17) is 4.74 Å². The molecule has 0 saturated carbocycles. The van der Waals surface area contributed by atoms with Gasteiger partial charge in [-0.15, -0.1) is 24.0 Å². The Hall–Kier alpha value is -3.08. The lowest BCUT2D eigenvalue weighted by Gasteiger charge is -2.22. The highest BCUT2D eigenvalue weighted by molar-refractivity contribution is 14.0. The Labute approximate surface area is 217 Å². The van der Waals surface area contributed by atoms with Crippen LogP contribution in [0.2, 0.25) is 0 Å². The zero-order chi connectivity index (χ0) is 23.0. The van der Waals surface area contributed by atoms with Crippen LogP contribution in [0.5, 0.6) is 5.75 Å². The lowest BCUT2D eigenvalue weighted by Crippen LogP contribution is -2.39. The van der Waals surface area contributed by atoms with Gasteiger partial charge >= 0.3 is 0 Å². The van der Waals surface area contributed by atoms with Crippen molar-refractivity contribution in [2.24, 2.45) is 4.99 Å². The molecule has 2 N–H and O–H groups in total. The van der Waals surface area contributed by atoms with E-state index in [0.717, 1.165) is 42.5 Å². The molecule has 0 radical (unpaired) electrons. The van der Waals surface area contributed by atoms with Crippen LogP contribution >= 0.6 is 24.0 Å². The number of carbonyl (C=O) groups excluding carboxylic acids is 1. The minimum absolute atomic E-state index is 0. The minimum atomic E-state index is -0.110. The Morgan fingerprint density at radius 2 is 2.03 bits per heavy atom. The molecule has 1 aromatic heterocycles. The molecule has 2 aromatic carbocycles. The van der Waals surface area contributed by atoms with E-state index in [1.165, 1.54) is 5.56 Å². The van der Waals surface area contributed by atoms with Gasteiger partial charge in [-0.3, -0.25) is 14.5 Å². The number of carbonyl (C=O) groups is 1. The van der Waals surface area contributed by atoms with Crippen LogP contribution in [-0.4, -0.2) is 53.8 Å². The van der Waals surface area contributed by atoms with Crippen molar-refractivity contribution in [1.82, 2.24) is 20.0 Å². The molecule has 1 saturated heterocycles. The molecule has 1 unspecified atom stereocenters. The summed E-state index contributed by atoms with van der Waals surface area (Å²) >= 11 is 0. The van der Waals surface area contributed by atoms with E-state index >= 15 is 0 Å². The van der Waals surface area contributed by atoms with E-state index in [9.17, 15) is 4.79 Å². The minimum Gasteiger partial charge on any atom is -0.497 e. The molecule has 4 rings (SSSR count). The molecule has 2 heterocycles. The molecule has 34 heavy (non-hydrogen) atoms. The number of likely N-dealkylation sites (tertiary alicyclic amines) is 1. The zero-order valence-electron chi connectivity index (χ0n) is 19.5. The number of amides is 1. The molecule has 180 valence electrons. The number of halogens is 1. The first-order valence-corrected chi connectivity index (χ1v) is 11.1. The van der Waals surface area contributed by atoms with Gasteiger partial charge in [-0.1, -0.05) is 24.3 Å². The Kier molecular flexibility index (Phi) is 9.32. The summed E-state index contributed by atoms with van der Waals surface area (Å²) in [6.07, 6.45) is 4.51. The monoisotopic (exact) mass is 574 g/mol. The molecule has 9 heteroatoms. The fourth-order valence-corrected chi connectivity index (χ4v) is 4.11. The molecule has 1 fully saturated rings. The Morgan fingerprint density at radius 1 is 1.21 bits per heavy atom. The van der Waals surface area contributed by atoms with E-state index in [2.05, 4.69) is 37.8 Å². The second-order valence-corrected chi connectivity index (χ2v) is 8.06.